The highest BCUT2D eigenvalue weighted by Gasteiger charge is 2.38. The summed E-state index contributed by atoms with van der Waals surface area (Å²) < 4.78 is 0. The number of anilines is 2. The van der Waals surface area contributed by atoms with Gasteiger partial charge in [-0.25, -0.2) is 9.69 Å². The highest BCUT2D eigenvalue weighted by molar-refractivity contribution is 6.40. The molecule has 2 aromatic rings. The molecule has 6 nitrogen and oxygen atoms in total. The Morgan fingerprint density at radius 3 is 2.33 bits per heavy atom. The van der Waals surface area contributed by atoms with Crippen LogP contribution in [0.1, 0.15) is 55.4 Å². The van der Waals surface area contributed by atoms with Crippen LogP contribution in [0.4, 0.5) is 16.2 Å². The Hall–Kier alpha value is -3.12. The summed E-state index contributed by atoms with van der Waals surface area (Å²) in [5, 5.41) is 2.72. The van der Waals surface area contributed by atoms with Crippen LogP contribution in [0.5, 0.6) is 0 Å². The van der Waals surface area contributed by atoms with Gasteiger partial charge in [-0.1, -0.05) is 24.6 Å². The fraction of sp³-hybridized carbons (Fsp3) is 0.346. The maximum Gasteiger partial charge on any atom is 0.335 e. The second kappa shape index (κ2) is 8.03. The number of hydrogen-bond acceptors (Lipinski definition) is 4. The van der Waals surface area contributed by atoms with Crippen LogP contribution >= 0.6 is 11.6 Å². The molecule has 1 saturated heterocycles. The highest BCUT2D eigenvalue weighted by Crippen LogP contribution is 2.44. The molecule has 2 aromatic carbocycles. The van der Waals surface area contributed by atoms with Crippen LogP contribution in [0.15, 0.2) is 35.9 Å². The Kier molecular flexibility index (Phi) is 5.61. The molecule has 2 aliphatic rings. The molecule has 172 valence electrons. The van der Waals surface area contributed by atoms with E-state index in [0.29, 0.717) is 16.3 Å². The number of benzene rings is 2. The Morgan fingerprint density at radius 2 is 1.70 bits per heavy atom. The summed E-state index contributed by atoms with van der Waals surface area (Å²) in [6, 6.07) is 8.50. The van der Waals surface area contributed by atoms with Crippen LogP contribution in [0.3, 0.4) is 0 Å². The molecule has 0 radical (unpaired) electrons. The molecule has 1 unspecified atom stereocenters. The normalized spacial score (nSPS) is 21.4. The zero-order valence-electron chi connectivity index (χ0n) is 19.7. The van der Waals surface area contributed by atoms with Crippen LogP contribution in [0.25, 0.3) is 6.08 Å². The van der Waals surface area contributed by atoms with Crippen LogP contribution < -0.4 is 15.1 Å². The van der Waals surface area contributed by atoms with Crippen molar-refractivity contribution in [1.82, 2.24) is 5.32 Å². The molecule has 4 amide bonds. The molecule has 2 heterocycles. The zero-order chi connectivity index (χ0) is 24.2. The quantitative estimate of drug-likeness (QED) is 0.479. The fourth-order valence-electron chi connectivity index (χ4n) is 4.84. The van der Waals surface area contributed by atoms with Gasteiger partial charge in [0, 0.05) is 23.3 Å². The third-order valence-electron chi connectivity index (χ3n) is 6.62. The Labute approximate surface area is 199 Å². The minimum Gasteiger partial charge on any atom is -0.369 e. The van der Waals surface area contributed by atoms with Gasteiger partial charge >= 0.3 is 6.03 Å². The SMILES string of the molecule is Cc1cc(C)cc(N2C(=O)NC(=O)/C(=C\c3cc4c(cc3Cl)N(C)C(C)(C)CC4C)C2=O)c1. The van der Waals surface area contributed by atoms with Crippen molar-refractivity contribution in [3.05, 3.63) is 63.2 Å². The van der Waals surface area contributed by atoms with Crippen molar-refractivity contribution < 1.29 is 14.4 Å². The van der Waals surface area contributed by atoms with Crippen molar-refractivity contribution in [2.24, 2.45) is 0 Å². The number of fused-ring (bicyclic) bond motifs is 1. The number of hydrogen-bond donors (Lipinski definition) is 1. The topological polar surface area (TPSA) is 69.7 Å². The molecule has 33 heavy (non-hydrogen) atoms. The first-order valence-electron chi connectivity index (χ1n) is 11.0. The monoisotopic (exact) mass is 465 g/mol. The summed E-state index contributed by atoms with van der Waals surface area (Å²) >= 11 is 6.61. The maximum absolute atomic E-state index is 13.3. The van der Waals surface area contributed by atoms with Gasteiger partial charge in [0.1, 0.15) is 5.57 Å². The zero-order valence-corrected chi connectivity index (χ0v) is 20.5. The lowest BCUT2D eigenvalue weighted by atomic mass is 9.80. The van der Waals surface area contributed by atoms with Gasteiger partial charge in [-0.2, -0.15) is 0 Å². The largest absolute Gasteiger partial charge is 0.369 e. The average Bonchev–Trinajstić information content (AvgIpc) is 2.69. The van der Waals surface area contributed by atoms with Crippen molar-refractivity contribution in [3.8, 4) is 0 Å². The van der Waals surface area contributed by atoms with Crippen molar-refractivity contribution in [3.63, 3.8) is 0 Å². The molecular formula is C26H28ClN3O3. The summed E-state index contributed by atoms with van der Waals surface area (Å²) in [6.45, 7) is 10.3. The van der Waals surface area contributed by atoms with E-state index in [2.05, 4.69) is 31.0 Å². The Morgan fingerprint density at radius 1 is 1.06 bits per heavy atom. The fourth-order valence-corrected chi connectivity index (χ4v) is 5.05. The van der Waals surface area contributed by atoms with Crippen LogP contribution in [-0.4, -0.2) is 30.4 Å². The first-order valence-corrected chi connectivity index (χ1v) is 11.3. The van der Waals surface area contributed by atoms with E-state index in [9.17, 15) is 14.4 Å². The van der Waals surface area contributed by atoms with E-state index < -0.39 is 17.8 Å². The number of carbonyl (C=O) groups excluding carboxylic acids is 3. The first kappa shape index (κ1) is 23.1. The molecule has 7 heteroatoms. The van der Waals surface area contributed by atoms with E-state index in [1.807, 2.05) is 39.1 Å². The molecule has 2 aliphatic heterocycles. The Bertz CT molecular complexity index is 1210. The van der Waals surface area contributed by atoms with E-state index in [1.54, 1.807) is 12.1 Å². The average molecular weight is 466 g/mol. The van der Waals surface area contributed by atoms with Gasteiger partial charge in [0.05, 0.1) is 5.69 Å². The van der Waals surface area contributed by atoms with Crippen LogP contribution in [0, 0.1) is 13.8 Å². The van der Waals surface area contributed by atoms with Gasteiger partial charge in [0.25, 0.3) is 11.8 Å². The number of carbonyl (C=O) groups is 3. The van der Waals surface area contributed by atoms with Gasteiger partial charge in [-0.05, 0) is 92.6 Å². The number of barbiturate groups is 1. The second-order valence-electron chi connectivity index (χ2n) is 9.71. The lowest BCUT2D eigenvalue weighted by Crippen LogP contribution is -2.54. The molecule has 0 aliphatic carbocycles. The van der Waals surface area contributed by atoms with Crippen molar-refractivity contribution in [1.29, 1.82) is 0 Å². The van der Waals surface area contributed by atoms with Crippen LogP contribution in [-0.2, 0) is 9.59 Å². The van der Waals surface area contributed by atoms with Crippen molar-refractivity contribution >= 4 is 46.9 Å². The van der Waals surface area contributed by atoms with E-state index in [4.69, 9.17) is 11.6 Å². The molecular weight excluding hydrogens is 438 g/mol. The van der Waals surface area contributed by atoms with Gasteiger partial charge in [-0.15, -0.1) is 0 Å². The minimum atomic E-state index is -0.763. The maximum atomic E-state index is 13.3. The van der Waals surface area contributed by atoms with Gasteiger partial charge in [0.2, 0.25) is 0 Å². The predicted octanol–water partition coefficient (Wildman–Crippen LogP) is 5.35. The molecule has 0 spiro atoms. The van der Waals surface area contributed by atoms with Crippen molar-refractivity contribution in [2.75, 3.05) is 16.8 Å². The third kappa shape index (κ3) is 4.04. The minimum absolute atomic E-state index is 0.0121. The summed E-state index contributed by atoms with van der Waals surface area (Å²) in [5.74, 6) is -1.12. The standard InChI is InChI=1S/C26H28ClN3O3/c1-14-7-15(2)9-18(8-14)30-24(32)20(23(31)28-25(30)33)11-17-10-19-16(3)13-26(4,5)29(6)22(19)12-21(17)27/h7-12,16H,13H2,1-6H3,(H,28,31,33)/b20-11+. The molecule has 1 fully saturated rings. The van der Waals surface area contributed by atoms with E-state index in [0.717, 1.165) is 33.7 Å². The van der Waals surface area contributed by atoms with Crippen molar-refractivity contribution in [2.45, 2.75) is 52.5 Å². The molecule has 1 N–H and O–H groups in total. The van der Waals surface area contributed by atoms with E-state index >= 15 is 0 Å². The summed E-state index contributed by atoms with van der Waals surface area (Å²) in [5.41, 5.74) is 4.82. The number of amides is 4. The first-order chi connectivity index (χ1) is 15.4. The lowest BCUT2D eigenvalue weighted by molar-refractivity contribution is -0.122. The summed E-state index contributed by atoms with van der Waals surface area (Å²) in [4.78, 5) is 41.7. The third-order valence-corrected chi connectivity index (χ3v) is 6.95. The number of urea groups is 1. The Balaban J connectivity index is 1.78. The number of aryl methyl sites for hydroxylation is 2. The molecule has 0 saturated carbocycles. The molecule has 4 rings (SSSR count). The number of imide groups is 2. The molecule has 0 bridgehead atoms. The summed E-state index contributed by atoms with van der Waals surface area (Å²) in [6.07, 6.45) is 2.44. The molecule has 0 aromatic heterocycles. The summed E-state index contributed by atoms with van der Waals surface area (Å²) in [7, 11) is 2.05. The smallest absolute Gasteiger partial charge is 0.335 e. The number of nitrogens with one attached hydrogen (secondary N) is 1. The van der Waals surface area contributed by atoms with Gasteiger partial charge in [0.15, 0.2) is 0 Å². The number of halogens is 1. The van der Waals surface area contributed by atoms with Gasteiger partial charge in [-0.3, -0.25) is 14.9 Å². The van der Waals surface area contributed by atoms with Crippen LogP contribution in [0.2, 0.25) is 5.02 Å². The predicted molar refractivity (Wildman–Crippen MR) is 132 cm³/mol. The van der Waals surface area contributed by atoms with E-state index in [1.165, 1.54) is 6.08 Å². The van der Waals surface area contributed by atoms with Gasteiger partial charge < -0.3 is 4.90 Å². The number of nitrogens with zero attached hydrogens (tertiary/aromatic N) is 2. The number of rotatable bonds is 2. The second-order valence-corrected chi connectivity index (χ2v) is 10.1. The molecule has 1 atom stereocenters. The van der Waals surface area contributed by atoms with E-state index in [-0.39, 0.29) is 17.0 Å². The highest BCUT2D eigenvalue weighted by atomic mass is 35.5. The lowest BCUT2D eigenvalue weighted by Gasteiger charge is -2.45.